The summed E-state index contributed by atoms with van der Waals surface area (Å²) < 4.78 is 72.9. The number of amides is 2. The predicted octanol–water partition coefficient (Wildman–Crippen LogP) is 3.85. The van der Waals surface area contributed by atoms with E-state index in [1.165, 1.54) is 7.11 Å². The van der Waals surface area contributed by atoms with Crippen molar-refractivity contribution >= 4 is 29.1 Å². The quantitative estimate of drug-likeness (QED) is 0.415. The molecule has 220 valence electrons. The van der Waals surface area contributed by atoms with Gasteiger partial charge in [-0.15, -0.1) is 0 Å². The Morgan fingerprint density at radius 3 is 2.32 bits per heavy atom. The molecule has 2 aromatic carbocycles. The molecule has 4 rings (SSSR count). The van der Waals surface area contributed by atoms with Crippen molar-refractivity contribution in [2.75, 3.05) is 32.2 Å². The van der Waals surface area contributed by atoms with Crippen molar-refractivity contribution in [2.24, 2.45) is 0 Å². The molecule has 0 bridgehead atoms. The highest BCUT2D eigenvalue weighted by atomic mass is 35.5. The molecule has 15 heteroatoms. The minimum atomic E-state index is -4.94. The summed E-state index contributed by atoms with van der Waals surface area (Å²) in [6, 6.07) is 6.07. The van der Waals surface area contributed by atoms with Gasteiger partial charge < -0.3 is 20.1 Å². The van der Waals surface area contributed by atoms with Crippen LogP contribution < -0.4 is 20.5 Å². The highest BCUT2D eigenvalue weighted by Crippen LogP contribution is 2.35. The molecule has 2 unspecified atom stereocenters. The fourth-order valence-corrected chi connectivity index (χ4v) is 4.25. The van der Waals surface area contributed by atoms with E-state index in [1.54, 1.807) is 31.3 Å². The maximum absolute atomic E-state index is 14.4. The van der Waals surface area contributed by atoms with Crippen molar-refractivity contribution in [3.63, 3.8) is 0 Å². The molecule has 1 aliphatic heterocycles. The molecule has 1 aromatic heterocycles. The Kier molecular flexibility index (Phi) is 10.0. The van der Waals surface area contributed by atoms with E-state index < -0.39 is 53.5 Å². The molecule has 0 aliphatic carbocycles. The SMILES string of the molecule is CNC(=O)c1ccc(Cl)cc1.COc1cc(F)c(C2CC(=O)N(c3cncn(C(CO)C(F)(F)F)c3=O)C2)c(F)c1. The highest BCUT2D eigenvalue weighted by molar-refractivity contribution is 6.30. The van der Waals surface area contributed by atoms with E-state index in [4.69, 9.17) is 21.4 Å². The van der Waals surface area contributed by atoms with Crippen molar-refractivity contribution in [2.45, 2.75) is 24.6 Å². The molecule has 1 fully saturated rings. The number of nitrogens with one attached hydrogen (secondary N) is 1. The maximum atomic E-state index is 14.4. The van der Waals surface area contributed by atoms with Gasteiger partial charge in [0.05, 0.1) is 26.2 Å². The number of hydrogen-bond acceptors (Lipinski definition) is 6. The lowest BCUT2D eigenvalue weighted by atomic mass is 9.97. The van der Waals surface area contributed by atoms with Gasteiger partial charge in [-0.05, 0) is 24.3 Å². The van der Waals surface area contributed by atoms with Crippen LogP contribution in [0.4, 0.5) is 27.6 Å². The van der Waals surface area contributed by atoms with Gasteiger partial charge in [0.2, 0.25) is 5.91 Å². The largest absolute Gasteiger partial charge is 0.497 e. The van der Waals surface area contributed by atoms with Crippen molar-refractivity contribution in [1.82, 2.24) is 14.9 Å². The van der Waals surface area contributed by atoms with Gasteiger partial charge in [-0.25, -0.2) is 13.8 Å². The lowest BCUT2D eigenvalue weighted by Gasteiger charge is -2.22. The molecule has 0 spiro atoms. The molecule has 3 aromatic rings. The van der Waals surface area contributed by atoms with E-state index in [0.717, 1.165) is 23.2 Å². The number of halogens is 6. The molecule has 2 N–H and O–H groups in total. The van der Waals surface area contributed by atoms with Crippen LogP contribution in [-0.2, 0) is 4.79 Å². The van der Waals surface area contributed by atoms with Gasteiger partial charge in [0, 0.05) is 54.2 Å². The van der Waals surface area contributed by atoms with Crippen molar-refractivity contribution < 1.29 is 41.4 Å². The van der Waals surface area contributed by atoms with Crippen LogP contribution in [0, 0.1) is 11.6 Å². The second-order valence-electron chi connectivity index (χ2n) is 8.73. The summed E-state index contributed by atoms with van der Waals surface area (Å²) in [5.41, 5.74) is -1.47. The molecule has 41 heavy (non-hydrogen) atoms. The van der Waals surface area contributed by atoms with Gasteiger partial charge in [0.1, 0.15) is 23.1 Å². The topological polar surface area (TPSA) is 114 Å². The Morgan fingerprint density at radius 2 is 1.80 bits per heavy atom. The molecule has 0 radical (unpaired) electrons. The predicted molar refractivity (Wildman–Crippen MR) is 138 cm³/mol. The van der Waals surface area contributed by atoms with E-state index in [-0.39, 0.29) is 34.8 Å². The van der Waals surface area contributed by atoms with Gasteiger partial charge >= 0.3 is 6.18 Å². The van der Waals surface area contributed by atoms with Crippen molar-refractivity contribution in [3.8, 4) is 5.75 Å². The number of ether oxygens (including phenoxy) is 1. The van der Waals surface area contributed by atoms with Crippen LogP contribution in [0.2, 0.25) is 5.02 Å². The van der Waals surface area contributed by atoms with Crippen LogP contribution in [0.5, 0.6) is 5.75 Å². The first-order valence-electron chi connectivity index (χ1n) is 11.9. The first kappa shape index (κ1) is 31.5. The molecule has 2 atom stereocenters. The minimum absolute atomic E-state index is 0.0627. The second-order valence-corrected chi connectivity index (χ2v) is 9.16. The van der Waals surface area contributed by atoms with Crippen LogP contribution in [-0.4, -0.2) is 60.0 Å². The average molecular weight is 603 g/mol. The van der Waals surface area contributed by atoms with Gasteiger partial charge in [0.15, 0.2) is 6.04 Å². The number of carbonyl (C=O) groups excluding carboxylic acids is 2. The number of nitrogens with zero attached hydrogens (tertiary/aromatic N) is 3. The average Bonchev–Trinajstić information content (AvgIpc) is 3.29. The number of rotatable bonds is 6. The summed E-state index contributed by atoms with van der Waals surface area (Å²) in [6.07, 6.45) is -3.81. The Morgan fingerprint density at radius 1 is 1.20 bits per heavy atom. The third-order valence-electron chi connectivity index (χ3n) is 6.17. The summed E-state index contributed by atoms with van der Waals surface area (Å²) in [6.45, 7) is -1.75. The summed E-state index contributed by atoms with van der Waals surface area (Å²) >= 11 is 5.63. The highest BCUT2D eigenvalue weighted by Gasteiger charge is 2.42. The number of methoxy groups -OCH3 is 1. The lowest BCUT2D eigenvalue weighted by molar-refractivity contribution is -0.177. The van der Waals surface area contributed by atoms with Gasteiger partial charge in [-0.3, -0.25) is 19.0 Å². The molecular formula is C26H24ClF5N4O5. The molecule has 9 nitrogen and oxygen atoms in total. The first-order valence-corrected chi connectivity index (χ1v) is 12.2. The van der Waals surface area contributed by atoms with E-state index in [2.05, 4.69) is 10.3 Å². The number of carbonyl (C=O) groups is 2. The Bertz CT molecular complexity index is 1440. The normalized spacial score (nSPS) is 15.7. The standard InChI is InChI=1S/C18H16F5N3O4.C8H8ClNO/c1-30-10-3-11(19)16(12(20)4-10)9-2-15(28)25(6-9)13-5-24-8-26(17(13)29)14(7-27)18(21,22)23;1-10-8(11)6-2-4-7(9)5-3-6/h3-5,8-9,14,27H,2,6-7H2,1H3;2-5H,1H3,(H,10,11). The fourth-order valence-electron chi connectivity index (χ4n) is 4.12. The molecule has 1 saturated heterocycles. The number of aromatic nitrogens is 2. The third-order valence-corrected chi connectivity index (χ3v) is 6.43. The van der Waals surface area contributed by atoms with E-state index >= 15 is 0 Å². The van der Waals surface area contributed by atoms with Crippen molar-refractivity contribution in [1.29, 1.82) is 0 Å². The van der Waals surface area contributed by atoms with E-state index in [0.29, 0.717) is 16.9 Å². The number of aliphatic hydroxyl groups is 1. The van der Waals surface area contributed by atoms with E-state index in [1.807, 2.05) is 0 Å². The molecular weight excluding hydrogens is 579 g/mol. The van der Waals surface area contributed by atoms with Gasteiger partial charge in [-0.1, -0.05) is 11.6 Å². The number of alkyl halides is 3. The number of aliphatic hydroxyl groups excluding tert-OH is 1. The summed E-state index contributed by atoms with van der Waals surface area (Å²) in [7, 11) is 2.82. The van der Waals surface area contributed by atoms with Gasteiger partial charge in [0.25, 0.3) is 11.5 Å². The van der Waals surface area contributed by atoms with Crippen LogP contribution in [0.15, 0.2) is 53.7 Å². The third kappa shape index (κ3) is 7.19. The summed E-state index contributed by atoms with van der Waals surface area (Å²) in [5, 5.41) is 12.2. The zero-order valence-corrected chi connectivity index (χ0v) is 22.3. The molecule has 0 saturated carbocycles. The zero-order valence-electron chi connectivity index (χ0n) is 21.6. The Balaban J connectivity index is 0.000000352. The zero-order chi connectivity index (χ0) is 30.5. The minimum Gasteiger partial charge on any atom is -0.497 e. The van der Waals surface area contributed by atoms with Gasteiger partial charge in [-0.2, -0.15) is 13.2 Å². The molecule has 2 heterocycles. The maximum Gasteiger partial charge on any atom is 0.411 e. The molecule has 2 amide bonds. The van der Waals surface area contributed by atoms with Crippen LogP contribution >= 0.6 is 11.6 Å². The number of anilines is 1. The van der Waals surface area contributed by atoms with E-state index in [9.17, 15) is 36.3 Å². The second kappa shape index (κ2) is 13.1. The molecule has 1 aliphatic rings. The summed E-state index contributed by atoms with van der Waals surface area (Å²) in [4.78, 5) is 40.3. The van der Waals surface area contributed by atoms with Crippen LogP contribution in [0.25, 0.3) is 0 Å². The summed E-state index contributed by atoms with van der Waals surface area (Å²) in [5.74, 6) is -3.75. The first-order chi connectivity index (χ1) is 19.3. The number of hydrogen-bond donors (Lipinski definition) is 2. The smallest absolute Gasteiger partial charge is 0.411 e. The Labute approximate surface area is 235 Å². The monoisotopic (exact) mass is 602 g/mol. The van der Waals surface area contributed by atoms with Crippen LogP contribution in [0.1, 0.15) is 34.3 Å². The number of benzene rings is 2. The lowest BCUT2D eigenvalue weighted by Crippen LogP contribution is -2.40. The van der Waals surface area contributed by atoms with Crippen molar-refractivity contribution in [3.05, 3.63) is 87.1 Å². The fraction of sp³-hybridized carbons (Fsp3) is 0.308. The van der Waals surface area contributed by atoms with Crippen LogP contribution in [0.3, 0.4) is 0 Å². The Hall–Kier alpha value is -4.04.